The fraction of sp³-hybridized carbons (Fsp3) is 0.900. The number of carbonyl (C=O) groups is 1. The molecule has 0 aromatic heterocycles. The summed E-state index contributed by atoms with van der Waals surface area (Å²) in [6.45, 7) is 5.48. The van der Waals surface area contributed by atoms with E-state index in [4.69, 9.17) is 14.6 Å². The molecule has 1 aliphatic heterocycles. The van der Waals surface area contributed by atoms with Gasteiger partial charge >= 0.3 is 5.97 Å². The number of nitrogens with zero attached hydrogens (tertiary/aromatic N) is 1. The van der Waals surface area contributed by atoms with Crippen LogP contribution in [0, 0.1) is 0 Å². The van der Waals surface area contributed by atoms with Crippen LogP contribution in [0.4, 0.5) is 0 Å². The summed E-state index contributed by atoms with van der Waals surface area (Å²) >= 11 is 0. The Morgan fingerprint density at radius 3 is 2.60 bits per heavy atom. The second-order valence-electron chi connectivity index (χ2n) is 3.74. The highest BCUT2D eigenvalue weighted by Gasteiger charge is 2.37. The molecule has 0 amide bonds. The highest BCUT2D eigenvalue weighted by molar-refractivity contribution is 5.72. The second-order valence-corrected chi connectivity index (χ2v) is 3.74. The third-order valence-corrected chi connectivity index (χ3v) is 2.83. The maximum Gasteiger partial charge on any atom is 0.320 e. The minimum Gasteiger partial charge on any atom is -0.480 e. The lowest BCUT2D eigenvalue weighted by molar-refractivity contribution is -0.142. The minimum absolute atomic E-state index is 0.0122. The number of methoxy groups -OCH3 is 1. The maximum atomic E-state index is 10.8. The topological polar surface area (TPSA) is 59.0 Å². The van der Waals surface area contributed by atoms with Gasteiger partial charge in [-0.1, -0.05) is 0 Å². The number of ether oxygens (including phenoxy) is 2. The first kappa shape index (κ1) is 12.4. The van der Waals surface area contributed by atoms with Crippen LogP contribution in [0.2, 0.25) is 0 Å². The molecule has 88 valence electrons. The Morgan fingerprint density at radius 1 is 1.53 bits per heavy atom. The summed E-state index contributed by atoms with van der Waals surface area (Å²) in [6, 6.07) is -0.479. The Hall–Kier alpha value is -0.650. The molecule has 1 fully saturated rings. The van der Waals surface area contributed by atoms with Crippen molar-refractivity contribution >= 4 is 5.97 Å². The van der Waals surface area contributed by atoms with Gasteiger partial charge in [0.05, 0.1) is 12.2 Å². The van der Waals surface area contributed by atoms with Crippen LogP contribution < -0.4 is 0 Å². The molecule has 3 atom stereocenters. The van der Waals surface area contributed by atoms with Crippen LogP contribution in [-0.4, -0.2) is 61.0 Å². The number of hydrogen-bond donors (Lipinski definition) is 1. The molecule has 0 radical (unpaired) electrons. The molecule has 0 aliphatic carbocycles. The van der Waals surface area contributed by atoms with Crippen LogP contribution in [-0.2, 0) is 14.3 Å². The molecule has 0 unspecified atom stereocenters. The highest BCUT2D eigenvalue weighted by Crippen LogP contribution is 2.18. The number of carboxylic acids is 1. The van der Waals surface area contributed by atoms with Crippen LogP contribution in [0.25, 0.3) is 0 Å². The summed E-state index contributed by atoms with van der Waals surface area (Å²) in [4.78, 5) is 12.7. The van der Waals surface area contributed by atoms with E-state index in [0.29, 0.717) is 19.7 Å². The monoisotopic (exact) mass is 217 g/mol. The van der Waals surface area contributed by atoms with Gasteiger partial charge in [0.2, 0.25) is 0 Å². The number of likely N-dealkylation sites (tertiary alicyclic amines) is 1. The first-order valence-electron chi connectivity index (χ1n) is 5.21. The summed E-state index contributed by atoms with van der Waals surface area (Å²) in [5, 5.41) is 8.89. The molecule has 5 nitrogen and oxygen atoms in total. The van der Waals surface area contributed by atoms with Gasteiger partial charge in [0.1, 0.15) is 6.04 Å². The Balaban J connectivity index is 2.55. The zero-order valence-corrected chi connectivity index (χ0v) is 9.47. The predicted molar refractivity (Wildman–Crippen MR) is 54.9 cm³/mol. The minimum atomic E-state index is -0.804. The molecule has 0 aromatic carbocycles. The number of carboxylic acid groups (broad SMARTS) is 1. The van der Waals surface area contributed by atoms with E-state index >= 15 is 0 Å². The van der Waals surface area contributed by atoms with Crippen LogP contribution in [0.5, 0.6) is 0 Å². The largest absolute Gasteiger partial charge is 0.480 e. The lowest BCUT2D eigenvalue weighted by atomic mass is 10.2. The van der Waals surface area contributed by atoms with Gasteiger partial charge in [-0.05, 0) is 13.8 Å². The van der Waals surface area contributed by atoms with Crippen molar-refractivity contribution < 1.29 is 19.4 Å². The quantitative estimate of drug-likeness (QED) is 0.712. The van der Waals surface area contributed by atoms with Crippen LogP contribution in [0.3, 0.4) is 0 Å². The van der Waals surface area contributed by atoms with Crippen LogP contribution in [0.1, 0.15) is 13.8 Å². The Bertz CT molecular complexity index is 221. The highest BCUT2D eigenvalue weighted by atomic mass is 16.5. The fourth-order valence-corrected chi connectivity index (χ4v) is 1.84. The first-order valence-corrected chi connectivity index (χ1v) is 5.21. The molecule has 0 saturated carbocycles. The smallest absolute Gasteiger partial charge is 0.320 e. The average Bonchev–Trinajstić information content (AvgIpc) is 2.60. The normalized spacial score (nSPS) is 29.3. The van der Waals surface area contributed by atoms with Crippen LogP contribution >= 0.6 is 0 Å². The van der Waals surface area contributed by atoms with E-state index in [1.54, 1.807) is 14.0 Å². The average molecular weight is 217 g/mol. The zero-order valence-electron chi connectivity index (χ0n) is 9.47. The maximum absolute atomic E-state index is 10.8. The van der Waals surface area contributed by atoms with E-state index < -0.39 is 12.0 Å². The van der Waals surface area contributed by atoms with E-state index in [9.17, 15) is 4.79 Å². The van der Waals surface area contributed by atoms with Gasteiger partial charge in [-0.2, -0.15) is 0 Å². The van der Waals surface area contributed by atoms with Crippen molar-refractivity contribution in [2.45, 2.75) is 32.1 Å². The van der Waals surface area contributed by atoms with Gasteiger partial charge in [-0.15, -0.1) is 0 Å². The van der Waals surface area contributed by atoms with Crippen LogP contribution in [0.15, 0.2) is 0 Å². The third-order valence-electron chi connectivity index (χ3n) is 2.83. The van der Waals surface area contributed by atoms with E-state index in [2.05, 4.69) is 0 Å². The molecule has 0 aromatic rings. The standard InChI is InChI=1S/C10H19NO4/c1-4-15-9-6-11(5-8(9)14-3)7(2)10(12)13/h7-9H,4-6H2,1-3H3,(H,12,13)/t7-,8+,9-/m1/s1. The number of aliphatic carboxylic acids is 1. The number of hydrogen-bond acceptors (Lipinski definition) is 4. The molecule has 0 spiro atoms. The Kier molecular flexibility index (Phi) is 4.50. The first-order chi connectivity index (χ1) is 7.10. The molecule has 1 aliphatic rings. The summed E-state index contributed by atoms with van der Waals surface area (Å²) < 4.78 is 10.8. The molecule has 15 heavy (non-hydrogen) atoms. The van der Waals surface area contributed by atoms with Gasteiger partial charge in [0.15, 0.2) is 0 Å². The van der Waals surface area contributed by atoms with Gasteiger partial charge < -0.3 is 14.6 Å². The van der Waals surface area contributed by atoms with Crippen molar-refractivity contribution in [3.05, 3.63) is 0 Å². The molecule has 5 heteroatoms. The second kappa shape index (κ2) is 5.44. The van der Waals surface area contributed by atoms with Gasteiger partial charge in [0.25, 0.3) is 0 Å². The molecular formula is C10H19NO4. The summed E-state index contributed by atoms with van der Waals surface area (Å²) in [5.74, 6) is -0.804. The Labute approximate surface area is 90.0 Å². The van der Waals surface area contributed by atoms with Gasteiger partial charge in [-0.3, -0.25) is 9.69 Å². The molecule has 1 heterocycles. The SMILES string of the molecule is CCO[C@@H]1CN([C@H](C)C(=O)O)C[C@@H]1OC. The summed E-state index contributed by atoms with van der Waals surface area (Å²) in [5.41, 5.74) is 0. The summed E-state index contributed by atoms with van der Waals surface area (Å²) in [6.07, 6.45) is -0.0338. The number of rotatable bonds is 5. The molecular weight excluding hydrogens is 198 g/mol. The summed E-state index contributed by atoms with van der Waals surface area (Å²) in [7, 11) is 1.63. The third kappa shape index (κ3) is 2.90. The van der Waals surface area contributed by atoms with Crippen molar-refractivity contribution in [2.75, 3.05) is 26.8 Å². The molecule has 1 N–H and O–H groups in total. The fourth-order valence-electron chi connectivity index (χ4n) is 1.84. The van der Waals surface area contributed by atoms with E-state index in [1.165, 1.54) is 0 Å². The van der Waals surface area contributed by atoms with Gasteiger partial charge in [-0.25, -0.2) is 0 Å². The van der Waals surface area contributed by atoms with Crippen molar-refractivity contribution in [1.82, 2.24) is 4.90 Å². The van der Waals surface area contributed by atoms with E-state index in [1.807, 2.05) is 11.8 Å². The van der Waals surface area contributed by atoms with E-state index in [0.717, 1.165) is 0 Å². The predicted octanol–water partition coefficient (Wildman–Crippen LogP) is 0.195. The van der Waals surface area contributed by atoms with Crippen molar-refractivity contribution in [1.29, 1.82) is 0 Å². The molecule has 0 bridgehead atoms. The van der Waals surface area contributed by atoms with Crippen molar-refractivity contribution in [3.8, 4) is 0 Å². The van der Waals surface area contributed by atoms with Crippen molar-refractivity contribution in [3.63, 3.8) is 0 Å². The molecule has 1 saturated heterocycles. The zero-order chi connectivity index (χ0) is 11.4. The lowest BCUT2D eigenvalue weighted by Gasteiger charge is -2.19. The molecule has 1 rings (SSSR count). The van der Waals surface area contributed by atoms with Crippen molar-refractivity contribution in [2.24, 2.45) is 0 Å². The Morgan fingerprint density at radius 2 is 2.13 bits per heavy atom. The lowest BCUT2D eigenvalue weighted by Crippen LogP contribution is -2.38. The van der Waals surface area contributed by atoms with Gasteiger partial charge in [0, 0.05) is 26.8 Å². The van der Waals surface area contributed by atoms with E-state index in [-0.39, 0.29) is 12.2 Å².